The Balaban J connectivity index is 2.20. The van der Waals surface area contributed by atoms with Crippen LogP contribution in [0.3, 0.4) is 0 Å². The zero-order chi connectivity index (χ0) is 14.4. The Bertz CT molecular complexity index is 539. The van der Waals surface area contributed by atoms with Crippen LogP contribution in [-0.4, -0.2) is 18.8 Å². The van der Waals surface area contributed by atoms with Gasteiger partial charge in [-0.05, 0) is 37.5 Å². The molecule has 0 aliphatic carbocycles. The van der Waals surface area contributed by atoms with Crippen LogP contribution in [-0.2, 0) is 4.74 Å². The molecule has 106 valence electrons. The van der Waals surface area contributed by atoms with Gasteiger partial charge in [-0.2, -0.15) is 4.39 Å². The van der Waals surface area contributed by atoms with Crippen LogP contribution in [0.1, 0.15) is 43.7 Å². The van der Waals surface area contributed by atoms with Gasteiger partial charge in [-0.25, -0.2) is 0 Å². The fourth-order valence-electron chi connectivity index (χ4n) is 2.15. The monoisotopic (exact) mass is 274 g/mol. The third kappa shape index (κ3) is 3.82. The molecule has 0 amide bonds. The number of ether oxygens (including phenoxy) is 1. The summed E-state index contributed by atoms with van der Waals surface area (Å²) in [6.45, 7) is 2.68. The van der Waals surface area contributed by atoms with Crippen molar-refractivity contribution in [2.24, 2.45) is 0 Å². The minimum absolute atomic E-state index is 0.102. The van der Waals surface area contributed by atoms with Gasteiger partial charge in [0.15, 0.2) is 0 Å². The van der Waals surface area contributed by atoms with E-state index in [1.54, 1.807) is 12.1 Å². The lowest BCUT2D eigenvalue weighted by atomic mass is 10.1. The minimum atomic E-state index is -0.955. The smallest absolute Gasteiger partial charge is 0.214 e. The Hall–Kier alpha value is -1.86. The zero-order valence-electron chi connectivity index (χ0n) is 11.6. The Morgan fingerprint density at radius 1 is 1.50 bits per heavy atom. The van der Waals surface area contributed by atoms with Crippen molar-refractivity contribution in [1.29, 1.82) is 5.41 Å². The predicted molar refractivity (Wildman–Crippen MR) is 78.8 cm³/mol. The first-order valence-electron chi connectivity index (χ1n) is 6.96. The molecular weight excluding hydrogens is 255 g/mol. The third-order valence-corrected chi connectivity index (χ3v) is 3.16. The molecule has 3 nitrogen and oxygen atoms in total. The highest BCUT2D eigenvalue weighted by Gasteiger charge is 2.16. The van der Waals surface area contributed by atoms with E-state index < -0.39 is 5.97 Å². The van der Waals surface area contributed by atoms with Crippen LogP contribution in [0.4, 0.5) is 10.1 Å². The van der Waals surface area contributed by atoms with Gasteiger partial charge in [0, 0.05) is 24.3 Å². The Labute approximate surface area is 119 Å². The lowest BCUT2D eigenvalue weighted by Crippen LogP contribution is -2.27. The maximum absolute atomic E-state index is 13.4. The largest absolute Gasteiger partial charge is 0.360 e. The lowest BCUT2D eigenvalue weighted by Gasteiger charge is -2.25. The molecule has 1 aromatic rings. The van der Waals surface area contributed by atoms with Gasteiger partial charge in [-0.15, -0.1) is 0 Å². The zero-order valence-corrected chi connectivity index (χ0v) is 11.6. The number of rotatable bonds is 3. The molecule has 2 rings (SSSR count). The molecule has 1 unspecified atom stereocenters. The van der Waals surface area contributed by atoms with Gasteiger partial charge in [-0.1, -0.05) is 18.8 Å². The van der Waals surface area contributed by atoms with Crippen molar-refractivity contribution in [3.63, 3.8) is 0 Å². The molecule has 0 bridgehead atoms. The summed E-state index contributed by atoms with van der Waals surface area (Å²) in [7, 11) is 0. The number of hydrogen-bond donors (Lipinski definition) is 2. The van der Waals surface area contributed by atoms with Crippen molar-refractivity contribution in [2.75, 3.05) is 11.9 Å². The van der Waals surface area contributed by atoms with E-state index in [0.29, 0.717) is 5.69 Å². The molecular formula is C16H19FN2O. The summed E-state index contributed by atoms with van der Waals surface area (Å²) in [5.41, 5.74) is 1.55. The van der Waals surface area contributed by atoms with Crippen molar-refractivity contribution < 1.29 is 9.13 Å². The van der Waals surface area contributed by atoms with E-state index in [2.05, 4.69) is 17.2 Å². The maximum atomic E-state index is 13.4. The molecule has 1 aromatic carbocycles. The van der Waals surface area contributed by atoms with Crippen LogP contribution in [0.5, 0.6) is 0 Å². The molecule has 1 aliphatic rings. The molecule has 1 fully saturated rings. The molecule has 2 N–H and O–H groups in total. The van der Waals surface area contributed by atoms with Crippen molar-refractivity contribution in [1.82, 2.24) is 0 Å². The molecule has 0 saturated carbocycles. The molecule has 4 heteroatoms. The second-order valence-electron chi connectivity index (χ2n) is 4.73. The molecule has 1 saturated heterocycles. The van der Waals surface area contributed by atoms with Crippen LogP contribution in [0.2, 0.25) is 0 Å². The van der Waals surface area contributed by atoms with Crippen LogP contribution in [0, 0.1) is 17.3 Å². The van der Waals surface area contributed by atoms with E-state index >= 15 is 0 Å². The quantitative estimate of drug-likeness (QED) is 0.652. The summed E-state index contributed by atoms with van der Waals surface area (Å²) >= 11 is 0. The SMILES string of the molecule is CCC#Cc1ccc(NC2CCCCO2)c(C(=N)F)c1. The molecule has 20 heavy (non-hydrogen) atoms. The lowest BCUT2D eigenvalue weighted by molar-refractivity contribution is 0.0343. The van der Waals surface area contributed by atoms with E-state index in [1.165, 1.54) is 0 Å². The molecule has 1 aliphatic heterocycles. The van der Waals surface area contributed by atoms with Gasteiger partial charge in [-0.3, -0.25) is 5.41 Å². The van der Waals surface area contributed by atoms with Gasteiger partial charge < -0.3 is 10.1 Å². The predicted octanol–water partition coefficient (Wildman–Crippen LogP) is 3.68. The van der Waals surface area contributed by atoms with E-state index in [1.807, 2.05) is 13.0 Å². The highest BCUT2D eigenvalue weighted by molar-refractivity contribution is 5.97. The van der Waals surface area contributed by atoms with Crippen molar-refractivity contribution in [3.05, 3.63) is 29.3 Å². The number of nitrogens with one attached hydrogen (secondary N) is 2. The summed E-state index contributed by atoms with van der Waals surface area (Å²) in [5.74, 6) is 4.94. The summed E-state index contributed by atoms with van der Waals surface area (Å²) < 4.78 is 19.0. The summed E-state index contributed by atoms with van der Waals surface area (Å²) in [6.07, 6.45) is 3.71. The fourth-order valence-corrected chi connectivity index (χ4v) is 2.15. The molecule has 1 atom stereocenters. The van der Waals surface area contributed by atoms with E-state index in [-0.39, 0.29) is 11.8 Å². The first-order chi connectivity index (χ1) is 9.70. The summed E-state index contributed by atoms with van der Waals surface area (Å²) in [6, 6.07) is 5.21. The van der Waals surface area contributed by atoms with Gasteiger partial charge in [0.05, 0.1) is 5.56 Å². The molecule has 0 spiro atoms. The van der Waals surface area contributed by atoms with E-state index in [9.17, 15) is 4.39 Å². The normalized spacial score (nSPS) is 18.0. The van der Waals surface area contributed by atoms with Crippen LogP contribution < -0.4 is 5.32 Å². The van der Waals surface area contributed by atoms with Gasteiger partial charge in [0.1, 0.15) is 6.23 Å². The average molecular weight is 274 g/mol. The van der Waals surface area contributed by atoms with E-state index in [0.717, 1.165) is 37.9 Å². The number of benzene rings is 1. The first kappa shape index (κ1) is 14.5. The van der Waals surface area contributed by atoms with Crippen LogP contribution >= 0.6 is 0 Å². The van der Waals surface area contributed by atoms with Crippen molar-refractivity contribution >= 4 is 11.7 Å². The Kier molecular flexibility index (Phi) is 5.14. The van der Waals surface area contributed by atoms with E-state index in [4.69, 9.17) is 10.1 Å². The highest BCUT2D eigenvalue weighted by atomic mass is 19.1. The summed E-state index contributed by atoms with van der Waals surface area (Å²) in [5, 5.41) is 10.4. The van der Waals surface area contributed by atoms with Crippen molar-refractivity contribution in [3.8, 4) is 11.8 Å². The molecule has 0 aromatic heterocycles. The molecule has 0 radical (unpaired) electrons. The van der Waals surface area contributed by atoms with Gasteiger partial charge in [0.25, 0.3) is 0 Å². The topological polar surface area (TPSA) is 45.1 Å². The van der Waals surface area contributed by atoms with Crippen LogP contribution in [0.15, 0.2) is 18.2 Å². The number of anilines is 1. The van der Waals surface area contributed by atoms with Crippen molar-refractivity contribution in [2.45, 2.75) is 38.8 Å². The summed E-state index contributed by atoms with van der Waals surface area (Å²) in [4.78, 5) is 0. The number of hydrogen-bond acceptors (Lipinski definition) is 3. The third-order valence-electron chi connectivity index (χ3n) is 3.16. The van der Waals surface area contributed by atoms with Gasteiger partial charge in [0.2, 0.25) is 5.97 Å². The molecule has 1 heterocycles. The Morgan fingerprint density at radius 3 is 3.00 bits per heavy atom. The maximum Gasteiger partial charge on any atom is 0.214 e. The number of halogens is 1. The minimum Gasteiger partial charge on any atom is -0.360 e. The Morgan fingerprint density at radius 2 is 2.35 bits per heavy atom. The standard InChI is InChI=1S/C16H19FN2O/c1-2-3-6-12-8-9-14(13(11-12)16(17)18)19-15-7-4-5-10-20-15/h8-9,11,15,18-19H,2,4-5,7,10H2,1H3. The highest BCUT2D eigenvalue weighted by Crippen LogP contribution is 2.22. The fraction of sp³-hybridized carbons (Fsp3) is 0.438. The second-order valence-corrected chi connectivity index (χ2v) is 4.73. The average Bonchev–Trinajstić information content (AvgIpc) is 2.47. The van der Waals surface area contributed by atoms with Crippen LogP contribution in [0.25, 0.3) is 0 Å². The first-order valence-corrected chi connectivity index (χ1v) is 6.96. The second kappa shape index (κ2) is 7.06. The van der Waals surface area contributed by atoms with Gasteiger partial charge >= 0.3 is 0 Å².